The molecule has 0 saturated carbocycles. The summed E-state index contributed by atoms with van der Waals surface area (Å²) < 4.78 is 2.24. The molecular formula is C28H31N3. The average Bonchev–Trinajstić information content (AvgIpc) is 3.21. The fourth-order valence-corrected chi connectivity index (χ4v) is 3.85. The van der Waals surface area contributed by atoms with E-state index in [2.05, 4.69) is 102 Å². The van der Waals surface area contributed by atoms with E-state index in [1.165, 1.54) is 44.6 Å². The predicted molar refractivity (Wildman–Crippen MR) is 129 cm³/mol. The van der Waals surface area contributed by atoms with Crippen LogP contribution >= 0.6 is 0 Å². The quantitative estimate of drug-likeness (QED) is 0.370. The summed E-state index contributed by atoms with van der Waals surface area (Å²) in [6.07, 6.45) is 4.88. The first-order valence-corrected chi connectivity index (χ1v) is 11.0. The minimum absolute atomic E-state index is 0.870. The molecule has 4 aromatic rings. The fourth-order valence-electron chi connectivity index (χ4n) is 3.85. The third-order valence-corrected chi connectivity index (χ3v) is 5.87. The number of aromatic nitrogens is 2. The van der Waals surface area contributed by atoms with Crippen LogP contribution in [0.25, 0.3) is 11.1 Å². The van der Waals surface area contributed by atoms with Crippen LogP contribution < -0.4 is 5.32 Å². The Balaban J connectivity index is 1.31. The molecule has 0 unspecified atom stereocenters. The van der Waals surface area contributed by atoms with Gasteiger partial charge in [0.2, 0.25) is 0 Å². The summed E-state index contributed by atoms with van der Waals surface area (Å²) >= 11 is 0. The van der Waals surface area contributed by atoms with Gasteiger partial charge < -0.3 is 9.88 Å². The summed E-state index contributed by atoms with van der Waals surface area (Å²) in [5.74, 6) is 0. The number of nitrogens with one attached hydrogen (secondary N) is 1. The highest BCUT2D eigenvalue weighted by Gasteiger charge is 2.05. The molecule has 0 aliphatic rings. The molecule has 3 heteroatoms. The lowest BCUT2D eigenvalue weighted by atomic mass is 9.99. The summed E-state index contributed by atoms with van der Waals surface area (Å²) in [5, 5.41) is 3.60. The lowest BCUT2D eigenvalue weighted by molar-refractivity contribution is 0.651. The second-order valence-corrected chi connectivity index (χ2v) is 8.43. The van der Waals surface area contributed by atoms with Crippen molar-refractivity contribution < 1.29 is 0 Å². The maximum Gasteiger partial charge on any atom is 0.0951 e. The second kappa shape index (κ2) is 9.76. The largest absolute Gasteiger partial charge is 0.330 e. The van der Waals surface area contributed by atoms with Crippen LogP contribution in [0.1, 0.15) is 33.5 Å². The third-order valence-electron chi connectivity index (χ3n) is 5.87. The van der Waals surface area contributed by atoms with Crippen molar-refractivity contribution >= 4 is 0 Å². The summed E-state index contributed by atoms with van der Waals surface area (Å²) in [4.78, 5) is 4.37. The number of nitrogens with zero attached hydrogens (tertiary/aromatic N) is 2. The predicted octanol–water partition coefficient (Wildman–Crippen LogP) is 5.86. The van der Waals surface area contributed by atoms with Crippen molar-refractivity contribution in [2.45, 2.75) is 40.3 Å². The zero-order chi connectivity index (χ0) is 21.6. The molecule has 0 atom stereocenters. The van der Waals surface area contributed by atoms with Gasteiger partial charge in [0.1, 0.15) is 0 Å². The molecule has 31 heavy (non-hydrogen) atoms. The zero-order valence-electron chi connectivity index (χ0n) is 18.7. The molecule has 0 radical (unpaired) electrons. The van der Waals surface area contributed by atoms with E-state index in [9.17, 15) is 0 Å². The lowest BCUT2D eigenvalue weighted by Gasteiger charge is -2.12. The highest BCUT2D eigenvalue weighted by Crippen LogP contribution is 2.23. The van der Waals surface area contributed by atoms with Crippen LogP contribution in [-0.2, 0) is 19.5 Å². The van der Waals surface area contributed by atoms with Gasteiger partial charge in [-0.3, -0.25) is 0 Å². The van der Waals surface area contributed by atoms with Crippen LogP contribution in [0.5, 0.6) is 0 Å². The van der Waals surface area contributed by atoms with Gasteiger partial charge >= 0.3 is 0 Å². The molecular weight excluding hydrogens is 378 g/mol. The van der Waals surface area contributed by atoms with Crippen molar-refractivity contribution in [3.05, 3.63) is 113 Å². The second-order valence-electron chi connectivity index (χ2n) is 8.43. The van der Waals surface area contributed by atoms with Crippen LogP contribution in [-0.4, -0.2) is 16.1 Å². The van der Waals surface area contributed by atoms with Crippen molar-refractivity contribution in [2.24, 2.45) is 0 Å². The van der Waals surface area contributed by atoms with Crippen LogP contribution in [0.3, 0.4) is 0 Å². The van der Waals surface area contributed by atoms with E-state index in [1.807, 2.05) is 12.5 Å². The number of imidazole rings is 1. The van der Waals surface area contributed by atoms with Gasteiger partial charge in [-0.25, -0.2) is 4.98 Å². The van der Waals surface area contributed by atoms with Crippen molar-refractivity contribution in [1.82, 2.24) is 14.9 Å². The minimum atomic E-state index is 0.870. The Morgan fingerprint density at radius 3 is 2.19 bits per heavy atom. The molecule has 4 rings (SSSR count). The molecule has 0 aliphatic carbocycles. The summed E-state index contributed by atoms with van der Waals surface area (Å²) in [6, 6.07) is 24.2. The number of aryl methyl sites for hydroxylation is 3. The molecule has 1 N–H and O–H groups in total. The SMILES string of the molecule is Cc1ccc(Cn2cncc2CCNCc2ccc(-c3ccc(C)cc3)cc2C)cc1. The van der Waals surface area contributed by atoms with Gasteiger partial charge in [0.05, 0.1) is 6.33 Å². The van der Waals surface area contributed by atoms with Crippen molar-refractivity contribution in [3.8, 4) is 11.1 Å². The van der Waals surface area contributed by atoms with Gasteiger partial charge in [-0.2, -0.15) is 0 Å². The van der Waals surface area contributed by atoms with Crippen LogP contribution in [0.2, 0.25) is 0 Å². The molecule has 3 nitrogen and oxygen atoms in total. The van der Waals surface area contributed by atoms with Crippen molar-refractivity contribution in [1.29, 1.82) is 0 Å². The van der Waals surface area contributed by atoms with Gasteiger partial charge in [-0.1, -0.05) is 77.9 Å². The zero-order valence-corrected chi connectivity index (χ0v) is 18.7. The van der Waals surface area contributed by atoms with E-state index in [0.29, 0.717) is 0 Å². The Morgan fingerprint density at radius 2 is 1.48 bits per heavy atom. The monoisotopic (exact) mass is 409 g/mol. The first-order valence-electron chi connectivity index (χ1n) is 11.0. The van der Waals surface area contributed by atoms with Gasteiger partial charge in [0.15, 0.2) is 0 Å². The molecule has 1 heterocycles. The molecule has 0 saturated heterocycles. The molecule has 0 bridgehead atoms. The molecule has 0 fully saturated rings. The van der Waals surface area contributed by atoms with Crippen molar-refractivity contribution in [2.75, 3.05) is 6.54 Å². The number of rotatable bonds is 8. The Morgan fingerprint density at radius 1 is 0.806 bits per heavy atom. The normalized spacial score (nSPS) is 11.1. The molecule has 0 aliphatic heterocycles. The number of hydrogen-bond acceptors (Lipinski definition) is 2. The first kappa shape index (κ1) is 21.1. The van der Waals surface area contributed by atoms with E-state index in [4.69, 9.17) is 0 Å². The summed E-state index contributed by atoms with van der Waals surface area (Å²) in [7, 11) is 0. The number of benzene rings is 3. The topological polar surface area (TPSA) is 29.9 Å². The van der Waals surface area contributed by atoms with Crippen LogP contribution in [0, 0.1) is 20.8 Å². The van der Waals surface area contributed by atoms with Gasteiger partial charge in [-0.15, -0.1) is 0 Å². The molecule has 1 aromatic heterocycles. The van der Waals surface area contributed by atoms with E-state index in [1.54, 1.807) is 0 Å². The average molecular weight is 410 g/mol. The van der Waals surface area contributed by atoms with E-state index in [-0.39, 0.29) is 0 Å². The Hall–Kier alpha value is -3.17. The minimum Gasteiger partial charge on any atom is -0.330 e. The van der Waals surface area contributed by atoms with Gasteiger partial charge in [0, 0.05) is 37.9 Å². The highest BCUT2D eigenvalue weighted by molar-refractivity contribution is 5.65. The van der Waals surface area contributed by atoms with E-state index >= 15 is 0 Å². The maximum atomic E-state index is 4.37. The molecule has 0 amide bonds. The van der Waals surface area contributed by atoms with E-state index < -0.39 is 0 Å². The smallest absolute Gasteiger partial charge is 0.0951 e. The Labute approximate surface area is 185 Å². The van der Waals surface area contributed by atoms with Crippen molar-refractivity contribution in [3.63, 3.8) is 0 Å². The molecule has 158 valence electrons. The first-order chi connectivity index (χ1) is 15.1. The summed E-state index contributed by atoms with van der Waals surface area (Å²) in [6.45, 7) is 9.13. The fraction of sp³-hybridized carbons (Fsp3) is 0.250. The molecule has 3 aromatic carbocycles. The van der Waals surface area contributed by atoms with Gasteiger partial charge in [0.25, 0.3) is 0 Å². The molecule has 0 spiro atoms. The van der Waals surface area contributed by atoms with E-state index in [0.717, 1.165) is 26.1 Å². The summed E-state index contributed by atoms with van der Waals surface area (Å²) in [5.41, 5.74) is 10.4. The Bertz CT molecular complexity index is 1120. The van der Waals surface area contributed by atoms with Crippen LogP contribution in [0.4, 0.5) is 0 Å². The maximum absolute atomic E-state index is 4.37. The highest BCUT2D eigenvalue weighted by atomic mass is 15.0. The standard InChI is InChI=1S/C28H31N3/c1-21-4-8-24(9-5-21)19-31-20-30-18-28(31)14-15-29-17-27-13-12-26(16-23(27)3)25-10-6-22(2)7-11-25/h4-13,16,18,20,29H,14-15,17,19H2,1-3H3. The Kier molecular flexibility index (Phi) is 6.63. The van der Waals surface area contributed by atoms with Gasteiger partial charge in [-0.05, 0) is 48.6 Å². The third kappa shape index (κ3) is 5.50. The van der Waals surface area contributed by atoms with Crippen LogP contribution in [0.15, 0.2) is 79.3 Å². The lowest BCUT2D eigenvalue weighted by Crippen LogP contribution is -2.18. The number of hydrogen-bond donors (Lipinski definition) is 1.